The van der Waals surface area contributed by atoms with E-state index in [-0.39, 0.29) is 5.41 Å². The van der Waals surface area contributed by atoms with E-state index in [0.717, 1.165) is 28.1 Å². The molecule has 0 N–H and O–H groups in total. The third kappa shape index (κ3) is 3.44. The van der Waals surface area contributed by atoms with Gasteiger partial charge in [0.05, 0.1) is 11.0 Å². The first-order chi connectivity index (χ1) is 21.0. The van der Waals surface area contributed by atoms with Crippen LogP contribution in [0.25, 0.3) is 82.0 Å². The maximum atomic E-state index is 5.55. The van der Waals surface area contributed by atoms with E-state index >= 15 is 0 Å². The summed E-state index contributed by atoms with van der Waals surface area (Å²) in [5, 5.41) is 12.6. The lowest BCUT2D eigenvalue weighted by Gasteiger charge is -2.20. The lowest BCUT2D eigenvalue weighted by Crippen LogP contribution is -2.11. The van der Waals surface area contributed by atoms with Crippen molar-refractivity contribution in [1.82, 2.24) is 9.55 Å². The van der Waals surface area contributed by atoms with Gasteiger partial charge in [0, 0.05) is 22.0 Å². The minimum absolute atomic E-state index is 0.0767. The third-order valence-electron chi connectivity index (χ3n) is 9.29. The molecule has 1 aromatic heterocycles. The first-order valence-electron chi connectivity index (χ1n) is 15.1. The summed E-state index contributed by atoms with van der Waals surface area (Å²) in [4.78, 5) is 5.55. The van der Waals surface area contributed by atoms with Crippen LogP contribution in [0, 0.1) is 0 Å². The maximum absolute atomic E-state index is 5.55. The Hall–Kier alpha value is -5.21. The van der Waals surface area contributed by atoms with E-state index in [1.807, 2.05) is 0 Å². The van der Waals surface area contributed by atoms with Crippen molar-refractivity contribution in [2.75, 3.05) is 0 Å². The lowest BCUT2D eigenvalue weighted by molar-refractivity contribution is 0.590. The van der Waals surface area contributed by atoms with Crippen molar-refractivity contribution in [3.63, 3.8) is 0 Å². The molecule has 0 aliphatic carbocycles. The van der Waals surface area contributed by atoms with E-state index in [4.69, 9.17) is 4.98 Å². The van der Waals surface area contributed by atoms with Crippen molar-refractivity contribution in [2.45, 2.75) is 26.2 Å². The molecular weight excluding hydrogens is 520 g/mol. The molecule has 0 saturated carbocycles. The summed E-state index contributed by atoms with van der Waals surface area (Å²) in [7, 11) is 0. The number of fused-ring (bicyclic) bond motifs is 6. The Morgan fingerprint density at radius 2 is 1.07 bits per heavy atom. The van der Waals surface area contributed by atoms with Gasteiger partial charge in [-0.2, -0.15) is 0 Å². The molecule has 9 aromatic rings. The summed E-state index contributed by atoms with van der Waals surface area (Å²) in [5.41, 5.74) is 5.85. The van der Waals surface area contributed by atoms with Crippen LogP contribution < -0.4 is 0 Å². The van der Waals surface area contributed by atoms with E-state index in [1.165, 1.54) is 59.4 Å². The SMILES string of the molecule is CC(C)(C)c1ccc(-n2c(-c3ccc4ccc5cccc6ccc3c4c56)nc3c4ccccc4c4ccccc4c32)cc1. The Labute approximate surface area is 250 Å². The van der Waals surface area contributed by atoms with E-state index < -0.39 is 0 Å². The highest BCUT2D eigenvalue weighted by molar-refractivity contribution is 6.27. The molecule has 0 aliphatic heterocycles. The summed E-state index contributed by atoms with van der Waals surface area (Å²) >= 11 is 0. The molecule has 2 heteroatoms. The fraction of sp³-hybridized carbons (Fsp3) is 0.0976. The van der Waals surface area contributed by atoms with Gasteiger partial charge in [0.15, 0.2) is 0 Å². The highest BCUT2D eigenvalue weighted by Crippen LogP contribution is 2.43. The molecule has 1 heterocycles. The highest BCUT2D eigenvalue weighted by Gasteiger charge is 2.23. The molecule has 0 amide bonds. The third-order valence-corrected chi connectivity index (χ3v) is 9.29. The van der Waals surface area contributed by atoms with Crippen molar-refractivity contribution in [3.05, 3.63) is 133 Å². The molecule has 0 spiro atoms. The zero-order valence-corrected chi connectivity index (χ0v) is 24.5. The molecule has 0 saturated heterocycles. The number of benzene rings is 8. The van der Waals surface area contributed by atoms with Crippen molar-refractivity contribution in [1.29, 1.82) is 0 Å². The Bertz CT molecular complexity index is 2510. The standard InChI is InChI=1S/C41H30N2/c1-41(2,3)28-19-21-29(22-20-28)43-39-34-14-7-5-12-31(34)30-11-4-6-13-33(30)38(39)42-40(43)35-24-18-27-16-15-25-9-8-10-26-17-23-32(35)37(27)36(25)26/h4-24H,1-3H3. The normalized spacial score (nSPS) is 12.5. The van der Waals surface area contributed by atoms with E-state index in [2.05, 4.69) is 153 Å². The van der Waals surface area contributed by atoms with Crippen LogP contribution in [0.5, 0.6) is 0 Å². The fourth-order valence-corrected chi connectivity index (χ4v) is 7.18. The first-order valence-corrected chi connectivity index (χ1v) is 15.1. The number of imidazole rings is 1. The minimum atomic E-state index is 0.0767. The zero-order chi connectivity index (χ0) is 28.9. The molecule has 43 heavy (non-hydrogen) atoms. The van der Waals surface area contributed by atoms with Crippen LogP contribution in [-0.2, 0) is 5.41 Å². The molecule has 0 fully saturated rings. The van der Waals surface area contributed by atoms with Gasteiger partial charge >= 0.3 is 0 Å². The van der Waals surface area contributed by atoms with Crippen LogP contribution in [0.4, 0.5) is 0 Å². The average molecular weight is 551 g/mol. The van der Waals surface area contributed by atoms with E-state index in [0.29, 0.717) is 0 Å². The largest absolute Gasteiger partial charge is 0.292 e. The number of hydrogen-bond acceptors (Lipinski definition) is 1. The first kappa shape index (κ1) is 24.4. The van der Waals surface area contributed by atoms with Gasteiger partial charge in [-0.25, -0.2) is 4.98 Å². The summed E-state index contributed by atoms with van der Waals surface area (Å²) in [6.45, 7) is 6.80. The van der Waals surface area contributed by atoms with Crippen LogP contribution in [0.3, 0.4) is 0 Å². The van der Waals surface area contributed by atoms with E-state index in [1.54, 1.807) is 0 Å². The average Bonchev–Trinajstić information content (AvgIpc) is 3.44. The topological polar surface area (TPSA) is 17.8 Å². The van der Waals surface area contributed by atoms with Crippen LogP contribution in [0.15, 0.2) is 127 Å². The summed E-state index contributed by atoms with van der Waals surface area (Å²) in [6, 6.07) is 46.8. The van der Waals surface area contributed by atoms with Gasteiger partial charge in [0.1, 0.15) is 5.82 Å². The van der Waals surface area contributed by atoms with Crippen LogP contribution in [0.2, 0.25) is 0 Å². The van der Waals surface area contributed by atoms with Crippen molar-refractivity contribution in [3.8, 4) is 17.1 Å². The Kier molecular flexibility index (Phi) is 4.91. The van der Waals surface area contributed by atoms with Gasteiger partial charge in [0.25, 0.3) is 0 Å². The molecule has 0 unspecified atom stereocenters. The highest BCUT2D eigenvalue weighted by atomic mass is 15.1. The molecule has 0 aliphatic rings. The molecule has 8 aromatic carbocycles. The van der Waals surface area contributed by atoms with Crippen LogP contribution in [0.1, 0.15) is 26.3 Å². The maximum Gasteiger partial charge on any atom is 0.146 e. The number of hydrogen-bond donors (Lipinski definition) is 0. The Morgan fingerprint density at radius 3 is 1.77 bits per heavy atom. The van der Waals surface area contributed by atoms with E-state index in [9.17, 15) is 0 Å². The summed E-state index contributed by atoms with van der Waals surface area (Å²) in [5.74, 6) is 0.970. The number of nitrogens with zero attached hydrogens (tertiary/aromatic N) is 2. The molecule has 0 bridgehead atoms. The molecule has 9 rings (SSSR count). The molecular formula is C41H30N2. The van der Waals surface area contributed by atoms with Crippen LogP contribution >= 0.6 is 0 Å². The molecule has 0 atom stereocenters. The lowest BCUT2D eigenvalue weighted by atomic mass is 9.87. The predicted molar refractivity (Wildman–Crippen MR) is 184 cm³/mol. The van der Waals surface area contributed by atoms with Gasteiger partial charge < -0.3 is 0 Å². The minimum Gasteiger partial charge on any atom is -0.292 e. The fourth-order valence-electron chi connectivity index (χ4n) is 7.18. The Morgan fingerprint density at radius 1 is 0.488 bits per heavy atom. The molecule has 204 valence electrons. The predicted octanol–water partition coefficient (Wildman–Crippen LogP) is 11.2. The van der Waals surface area contributed by atoms with Crippen LogP contribution in [-0.4, -0.2) is 9.55 Å². The summed E-state index contributed by atoms with van der Waals surface area (Å²) in [6.07, 6.45) is 0. The second kappa shape index (κ2) is 8.65. The van der Waals surface area contributed by atoms with Gasteiger partial charge in [0.2, 0.25) is 0 Å². The van der Waals surface area contributed by atoms with Gasteiger partial charge in [-0.15, -0.1) is 0 Å². The second-order valence-corrected chi connectivity index (χ2v) is 12.8. The zero-order valence-electron chi connectivity index (χ0n) is 24.5. The van der Waals surface area contributed by atoms with Gasteiger partial charge in [-0.05, 0) is 72.3 Å². The van der Waals surface area contributed by atoms with Gasteiger partial charge in [-0.3, -0.25) is 4.57 Å². The van der Waals surface area contributed by atoms with Crippen molar-refractivity contribution in [2.24, 2.45) is 0 Å². The van der Waals surface area contributed by atoms with Gasteiger partial charge in [-0.1, -0.05) is 130 Å². The van der Waals surface area contributed by atoms with Crippen molar-refractivity contribution >= 4 is 64.9 Å². The Balaban J connectivity index is 1.47. The quantitative estimate of drug-likeness (QED) is 0.196. The monoisotopic (exact) mass is 550 g/mol. The number of rotatable bonds is 2. The van der Waals surface area contributed by atoms with Crippen molar-refractivity contribution < 1.29 is 0 Å². The number of aromatic nitrogens is 2. The molecule has 0 radical (unpaired) electrons. The molecule has 2 nitrogen and oxygen atoms in total. The summed E-state index contributed by atoms with van der Waals surface area (Å²) < 4.78 is 2.41. The smallest absolute Gasteiger partial charge is 0.146 e. The second-order valence-electron chi connectivity index (χ2n) is 12.8.